The molecule has 1 saturated heterocycles. The highest BCUT2D eigenvalue weighted by Gasteiger charge is 2.23. The van der Waals surface area contributed by atoms with E-state index in [4.69, 9.17) is 0 Å². The number of ketones is 1. The molecule has 0 saturated carbocycles. The number of Topliss-reactive ketones (excluding diaryl/α,β-unsaturated/α-hetero) is 1. The van der Waals surface area contributed by atoms with E-state index in [1.807, 2.05) is 18.2 Å². The molecule has 2 aromatic rings. The highest BCUT2D eigenvalue weighted by Crippen LogP contribution is 2.21. The van der Waals surface area contributed by atoms with Crippen LogP contribution in [-0.4, -0.2) is 23.8 Å². The smallest absolute Gasteiger partial charge is 0.140 e. The van der Waals surface area contributed by atoms with Crippen LogP contribution in [0.5, 0.6) is 0 Å². The first-order chi connectivity index (χ1) is 11.7. The van der Waals surface area contributed by atoms with E-state index in [1.54, 1.807) is 12.1 Å². The van der Waals surface area contributed by atoms with Crippen molar-refractivity contribution in [3.63, 3.8) is 0 Å². The molecular weight excluding hydrogens is 301 g/mol. The minimum absolute atomic E-state index is 0.122. The number of benzene rings is 2. The lowest BCUT2D eigenvalue weighted by molar-refractivity contribution is -0.123. The van der Waals surface area contributed by atoms with Crippen LogP contribution in [0, 0.1) is 11.7 Å². The lowest BCUT2D eigenvalue weighted by Crippen LogP contribution is -2.33. The van der Waals surface area contributed by atoms with Gasteiger partial charge in [0.25, 0.3) is 0 Å². The van der Waals surface area contributed by atoms with Gasteiger partial charge < -0.3 is 4.90 Å². The summed E-state index contributed by atoms with van der Waals surface area (Å²) in [7, 11) is 0. The maximum Gasteiger partial charge on any atom is 0.140 e. The molecule has 0 aromatic heterocycles. The van der Waals surface area contributed by atoms with Gasteiger partial charge in [0.15, 0.2) is 0 Å². The highest BCUT2D eigenvalue weighted by molar-refractivity contribution is 5.83. The predicted molar refractivity (Wildman–Crippen MR) is 94.9 cm³/mol. The van der Waals surface area contributed by atoms with E-state index in [-0.39, 0.29) is 17.5 Å². The third-order valence-corrected chi connectivity index (χ3v) is 4.55. The van der Waals surface area contributed by atoms with Crippen molar-refractivity contribution in [2.24, 2.45) is 5.92 Å². The van der Waals surface area contributed by atoms with Crippen LogP contribution in [-0.2, 0) is 11.2 Å². The molecule has 0 spiro atoms. The average molecular weight is 323 g/mol. The molecule has 0 bridgehead atoms. The van der Waals surface area contributed by atoms with Crippen LogP contribution in [0.1, 0.15) is 24.0 Å². The summed E-state index contributed by atoms with van der Waals surface area (Å²) in [6.45, 7) is 1.81. The van der Waals surface area contributed by atoms with Gasteiger partial charge in [0.05, 0.1) is 0 Å². The second-order valence-corrected chi connectivity index (χ2v) is 6.31. The number of nitrogens with zero attached hydrogens (tertiary/aromatic N) is 1. The maximum atomic E-state index is 12.9. The van der Waals surface area contributed by atoms with Gasteiger partial charge in [-0.2, -0.15) is 0 Å². The Morgan fingerprint density at radius 1 is 1.04 bits per heavy atom. The van der Waals surface area contributed by atoms with Gasteiger partial charge in [0, 0.05) is 25.4 Å². The molecule has 2 nitrogen and oxygen atoms in total. The second kappa shape index (κ2) is 7.91. The Labute approximate surface area is 142 Å². The molecule has 124 valence electrons. The summed E-state index contributed by atoms with van der Waals surface area (Å²) in [5.41, 5.74) is 2.08. The van der Waals surface area contributed by atoms with Crippen molar-refractivity contribution in [2.45, 2.75) is 19.3 Å². The first kappa shape index (κ1) is 16.4. The zero-order valence-corrected chi connectivity index (χ0v) is 13.7. The normalized spacial score (nSPS) is 15.8. The summed E-state index contributed by atoms with van der Waals surface area (Å²) >= 11 is 0. The Morgan fingerprint density at radius 3 is 2.38 bits per heavy atom. The summed E-state index contributed by atoms with van der Waals surface area (Å²) in [5, 5.41) is 0. The highest BCUT2D eigenvalue weighted by atomic mass is 19.1. The Bertz CT molecular complexity index is 686. The molecule has 1 aliphatic heterocycles. The largest absolute Gasteiger partial charge is 0.377 e. The van der Waals surface area contributed by atoms with Crippen LogP contribution in [0.2, 0.25) is 0 Å². The quantitative estimate of drug-likeness (QED) is 0.817. The molecule has 1 heterocycles. The van der Waals surface area contributed by atoms with Gasteiger partial charge in [-0.25, -0.2) is 4.39 Å². The zero-order chi connectivity index (χ0) is 16.8. The summed E-state index contributed by atoms with van der Waals surface area (Å²) in [4.78, 5) is 14.7. The second-order valence-electron chi connectivity index (χ2n) is 6.31. The minimum atomic E-state index is -0.260. The fraction of sp³-hybridized carbons (Fsp3) is 0.286. The fourth-order valence-corrected chi connectivity index (χ4v) is 3.07. The van der Waals surface area contributed by atoms with Crippen molar-refractivity contribution in [3.8, 4) is 0 Å². The lowest BCUT2D eigenvalue weighted by atomic mass is 9.89. The van der Waals surface area contributed by atoms with Crippen molar-refractivity contribution < 1.29 is 9.18 Å². The Hall–Kier alpha value is -2.42. The predicted octanol–water partition coefficient (Wildman–Crippen LogP) is 4.32. The van der Waals surface area contributed by atoms with Gasteiger partial charge in [-0.1, -0.05) is 42.5 Å². The zero-order valence-electron chi connectivity index (χ0n) is 13.7. The topological polar surface area (TPSA) is 20.3 Å². The third kappa shape index (κ3) is 4.54. The molecule has 0 unspecified atom stereocenters. The summed E-state index contributed by atoms with van der Waals surface area (Å²) in [5.74, 6) is 0.134. The van der Waals surface area contributed by atoms with Crippen LogP contribution < -0.4 is 0 Å². The van der Waals surface area contributed by atoms with Crippen LogP contribution >= 0.6 is 0 Å². The molecule has 0 radical (unpaired) electrons. The van der Waals surface area contributed by atoms with E-state index < -0.39 is 0 Å². The van der Waals surface area contributed by atoms with E-state index in [1.165, 1.54) is 17.7 Å². The number of hydrogen-bond acceptors (Lipinski definition) is 2. The molecule has 0 amide bonds. The SMILES string of the molecule is O=C(Cc1ccc(F)cc1)C1CCN(C=Cc2ccccc2)CC1. The first-order valence-electron chi connectivity index (χ1n) is 8.45. The van der Waals surface area contributed by atoms with E-state index in [9.17, 15) is 9.18 Å². The molecule has 1 aliphatic rings. The molecule has 3 heteroatoms. The Balaban J connectivity index is 1.48. The van der Waals surface area contributed by atoms with Crippen LogP contribution in [0.15, 0.2) is 60.8 Å². The van der Waals surface area contributed by atoms with Crippen LogP contribution in [0.25, 0.3) is 6.08 Å². The van der Waals surface area contributed by atoms with E-state index >= 15 is 0 Å². The van der Waals surface area contributed by atoms with Crippen molar-refractivity contribution >= 4 is 11.9 Å². The average Bonchev–Trinajstić information content (AvgIpc) is 2.63. The van der Waals surface area contributed by atoms with Gasteiger partial charge >= 0.3 is 0 Å². The molecule has 0 aliphatic carbocycles. The standard InChI is InChI=1S/C21H22FNO/c22-20-8-6-18(7-9-20)16-21(24)19-11-14-23(15-12-19)13-10-17-4-2-1-3-5-17/h1-10,13,19H,11-12,14-16H2. The Kier molecular flexibility index (Phi) is 5.42. The summed E-state index contributed by atoms with van der Waals surface area (Å²) in [6.07, 6.45) is 6.42. The van der Waals surface area contributed by atoms with Crippen LogP contribution in [0.3, 0.4) is 0 Å². The maximum absolute atomic E-state index is 12.9. The molecule has 24 heavy (non-hydrogen) atoms. The van der Waals surface area contributed by atoms with E-state index in [0.29, 0.717) is 6.42 Å². The van der Waals surface area contributed by atoms with Crippen molar-refractivity contribution in [2.75, 3.05) is 13.1 Å². The van der Waals surface area contributed by atoms with Crippen molar-refractivity contribution in [1.82, 2.24) is 4.90 Å². The van der Waals surface area contributed by atoms with Gasteiger partial charge in [-0.05, 0) is 48.4 Å². The molecule has 0 atom stereocenters. The molecule has 1 fully saturated rings. The van der Waals surface area contributed by atoms with Crippen LogP contribution in [0.4, 0.5) is 4.39 Å². The number of carbonyl (C=O) groups is 1. The van der Waals surface area contributed by atoms with Crippen molar-refractivity contribution in [3.05, 3.63) is 77.7 Å². The number of halogens is 1. The fourth-order valence-electron chi connectivity index (χ4n) is 3.07. The minimum Gasteiger partial charge on any atom is -0.377 e. The molecule has 0 N–H and O–H groups in total. The van der Waals surface area contributed by atoms with Gasteiger partial charge in [0.1, 0.15) is 11.6 Å². The number of hydrogen-bond donors (Lipinski definition) is 0. The molecular formula is C21H22FNO. The first-order valence-corrected chi connectivity index (χ1v) is 8.45. The Morgan fingerprint density at radius 2 is 1.71 bits per heavy atom. The number of piperidine rings is 1. The van der Waals surface area contributed by atoms with E-state index in [0.717, 1.165) is 31.5 Å². The number of likely N-dealkylation sites (tertiary alicyclic amines) is 1. The monoisotopic (exact) mass is 323 g/mol. The van der Waals surface area contributed by atoms with Gasteiger partial charge in [-0.15, -0.1) is 0 Å². The van der Waals surface area contributed by atoms with E-state index in [2.05, 4.69) is 29.3 Å². The third-order valence-electron chi connectivity index (χ3n) is 4.55. The summed E-state index contributed by atoms with van der Waals surface area (Å²) < 4.78 is 12.9. The molecule has 3 rings (SSSR count). The van der Waals surface area contributed by atoms with Gasteiger partial charge in [-0.3, -0.25) is 4.79 Å². The van der Waals surface area contributed by atoms with Gasteiger partial charge in [0.2, 0.25) is 0 Å². The summed E-state index contributed by atoms with van der Waals surface area (Å²) in [6, 6.07) is 16.5. The lowest BCUT2D eigenvalue weighted by Gasteiger charge is -2.30. The van der Waals surface area contributed by atoms with Crippen molar-refractivity contribution in [1.29, 1.82) is 0 Å². The molecule has 2 aromatic carbocycles. The number of rotatable bonds is 5. The number of carbonyl (C=O) groups excluding carboxylic acids is 1.